The first-order valence-corrected chi connectivity index (χ1v) is 4.76. The lowest BCUT2D eigenvalue weighted by molar-refractivity contribution is -0.136. The summed E-state index contributed by atoms with van der Waals surface area (Å²) in [6, 6.07) is 1.98. The fourth-order valence-corrected chi connectivity index (χ4v) is 1.45. The maximum Gasteiger partial charge on any atom is 0.307 e. The first-order chi connectivity index (χ1) is 7.45. The molecule has 0 aliphatic rings. The van der Waals surface area contributed by atoms with Crippen LogP contribution in [-0.2, 0) is 17.6 Å². The highest BCUT2D eigenvalue weighted by molar-refractivity contribution is 5.70. The van der Waals surface area contributed by atoms with Gasteiger partial charge >= 0.3 is 5.97 Å². The number of aliphatic carboxylic acids is 1. The van der Waals surface area contributed by atoms with Crippen LogP contribution in [0.1, 0.15) is 30.0 Å². The third-order valence-electron chi connectivity index (χ3n) is 2.22. The maximum atomic E-state index is 13.6. The van der Waals surface area contributed by atoms with E-state index in [-0.39, 0.29) is 23.1 Å². The van der Waals surface area contributed by atoms with Gasteiger partial charge < -0.3 is 5.11 Å². The number of carboxylic acids is 1. The number of hydrogen-bond donors (Lipinski definition) is 1. The Morgan fingerprint density at radius 1 is 1.38 bits per heavy atom. The van der Waals surface area contributed by atoms with Crippen LogP contribution in [0.3, 0.4) is 0 Å². The van der Waals surface area contributed by atoms with Crippen molar-refractivity contribution in [2.24, 2.45) is 0 Å². The van der Waals surface area contributed by atoms with E-state index in [9.17, 15) is 18.0 Å². The van der Waals surface area contributed by atoms with Gasteiger partial charge in [0.1, 0.15) is 5.82 Å². The van der Waals surface area contributed by atoms with Gasteiger partial charge in [-0.3, -0.25) is 4.79 Å². The molecule has 0 heterocycles. The number of alkyl halides is 2. The van der Waals surface area contributed by atoms with Gasteiger partial charge in [-0.2, -0.15) is 0 Å². The lowest BCUT2D eigenvalue weighted by Crippen LogP contribution is -2.06. The monoisotopic (exact) mass is 232 g/mol. The molecule has 1 rings (SSSR count). The third-order valence-corrected chi connectivity index (χ3v) is 2.22. The van der Waals surface area contributed by atoms with E-state index in [1.165, 1.54) is 0 Å². The topological polar surface area (TPSA) is 37.3 Å². The lowest BCUT2D eigenvalue weighted by atomic mass is 10.0. The number of hydrogen-bond acceptors (Lipinski definition) is 1. The highest BCUT2D eigenvalue weighted by Gasteiger charge is 2.16. The summed E-state index contributed by atoms with van der Waals surface area (Å²) >= 11 is 0. The molecular formula is C11H11F3O2. The van der Waals surface area contributed by atoms with Gasteiger partial charge in [-0.05, 0) is 29.7 Å². The van der Waals surface area contributed by atoms with Gasteiger partial charge in [0.25, 0.3) is 6.43 Å². The molecule has 0 amide bonds. The molecule has 0 aromatic heterocycles. The van der Waals surface area contributed by atoms with E-state index >= 15 is 0 Å². The molecule has 1 aromatic rings. The van der Waals surface area contributed by atoms with E-state index in [0.29, 0.717) is 0 Å². The highest BCUT2D eigenvalue weighted by atomic mass is 19.3. The summed E-state index contributed by atoms with van der Waals surface area (Å²) in [4.78, 5) is 10.4. The van der Waals surface area contributed by atoms with Gasteiger partial charge in [-0.25, -0.2) is 13.2 Å². The molecule has 0 spiro atoms. The summed E-state index contributed by atoms with van der Waals surface area (Å²) in [5.41, 5.74) is -0.411. The third kappa shape index (κ3) is 2.74. The van der Waals surface area contributed by atoms with Crippen molar-refractivity contribution in [3.05, 3.63) is 34.6 Å². The van der Waals surface area contributed by atoms with Crippen LogP contribution in [0.2, 0.25) is 0 Å². The van der Waals surface area contributed by atoms with Crippen LogP contribution in [0.5, 0.6) is 0 Å². The number of benzene rings is 1. The van der Waals surface area contributed by atoms with Crippen molar-refractivity contribution in [2.45, 2.75) is 26.2 Å². The molecule has 5 heteroatoms. The van der Waals surface area contributed by atoms with E-state index in [1.54, 1.807) is 6.92 Å². The molecule has 16 heavy (non-hydrogen) atoms. The molecule has 0 unspecified atom stereocenters. The normalized spacial score (nSPS) is 10.8. The number of halogens is 3. The van der Waals surface area contributed by atoms with E-state index in [0.717, 1.165) is 12.1 Å². The number of carbonyl (C=O) groups is 1. The van der Waals surface area contributed by atoms with E-state index < -0.39 is 24.6 Å². The largest absolute Gasteiger partial charge is 0.481 e. The predicted octanol–water partition coefficient (Wildman–Crippen LogP) is 2.95. The minimum atomic E-state index is -2.72. The Kier molecular flexibility index (Phi) is 3.93. The SMILES string of the molecule is CCc1cc(C(F)F)cc(CC(=O)O)c1F. The van der Waals surface area contributed by atoms with Crippen molar-refractivity contribution in [1.29, 1.82) is 0 Å². The molecule has 1 N–H and O–H groups in total. The zero-order valence-corrected chi connectivity index (χ0v) is 8.64. The fourth-order valence-electron chi connectivity index (χ4n) is 1.45. The average molecular weight is 232 g/mol. The van der Waals surface area contributed by atoms with Gasteiger partial charge in [-0.15, -0.1) is 0 Å². The molecule has 1 aromatic carbocycles. The molecule has 0 saturated carbocycles. The second-order valence-corrected chi connectivity index (χ2v) is 3.38. The van der Waals surface area contributed by atoms with Crippen molar-refractivity contribution in [2.75, 3.05) is 0 Å². The smallest absolute Gasteiger partial charge is 0.307 e. The van der Waals surface area contributed by atoms with E-state index in [4.69, 9.17) is 5.11 Å². The van der Waals surface area contributed by atoms with Crippen LogP contribution >= 0.6 is 0 Å². The molecular weight excluding hydrogens is 221 g/mol. The Labute approximate surface area is 90.7 Å². The van der Waals surface area contributed by atoms with Crippen molar-refractivity contribution in [1.82, 2.24) is 0 Å². The summed E-state index contributed by atoms with van der Waals surface area (Å²) in [7, 11) is 0. The first-order valence-electron chi connectivity index (χ1n) is 4.76. The Morgan fingerprint density at radius 2 is 1.94 bits per heavy atom. The molecule has 0 radical (unpaired) electrons. The number of carboxylic acid groups (broad SMARTS) is 1. The summed E-state index contributed by atoms with van der Waals surface area (Å²) in [6.45, 7) is 1.62. The van der Waals surface area contributed by atoms with Gasteiger partial charge in [0.2, 0.25) is 0 Å². The minimum Gasteiger partial charge on any atom is -0.481 e. The Balaban J connectivity index is 3.24. The number of aryl methyl sites for hydroxylation is 1. The summed E-state index contributed by atoms with van der Waals surface area (Å²) in [6.07, 6.45) is -3.06. The minimum absolute atomic E-state index is 0.119. The molecule has 0 aliphatic heterocycles. The summed E-state index contributed by atoms with van der Waals surface area (Å²) < 4.78 is 38.5. The van der Waals surface area contributed by atoms with Crippen LogP contribution in [-0.4, -0.2) is 11.1 Å². The molecule has 0 bridgehead atoms. The van der Waals surface area contributed by atoms with Crippen molar-refractivity contribution >= 4 is 5.97 Å². The zero-order valence-electron chi connectivity index (χ0n) is 8.64. The van der Waals surface area contributed by atoms with Crippen LogP contribution < -0.4 is 0 Å². The van der Waals surface area contributed by atoms with Gasteiger partial charge in [-0.1, -0.05) is 6.92 Å². The van der Waals surface area contributed by atoms with Crippen LogP contribution in [0.25, 0.3) is 0 Å². The molecule has 2 nitrogen and oxygen atoms in total. The Bertz CT molecular complexity index is 402. The Hall–Kier alpha value is -1.52. The standard InChI is InChI=1S/C11H11F3O2/c1-2-6-3-8(11(13)14)4-7(10(6)12)5-9(15)16/h3-4,11H,2,5H2,1H3,(H,15,16). The van der Waals surface area contributed by atoms with E-state index in [2.05, 4.69) is 0 Å². The van der Waals surface area contributed by atoms with Gasteiger partial charge in [0.15, 0.2) is 0 Å². The van der Waals surface area contributed by atoms with Crippen LogP contribution in [0.4, 0.5) is 13.2 Å². The molecule has 0 aliphatic carbocycles. The average Bonchev–Trinajstić information content (AvgIpc) is 2.20. The first kappa shape index (κ1) is 12.5. The quantitative estimate of drug-likeness (QED) is 0.866. The number of rotatable bonds is 4. The second-order valence-electron chi connectivity index (χ2n) is 3.38. The zero-order chi connectivity index (χ0) is 12.3. The van der Waals surface area contributed by atoms with Crippen molar-refractivity contribution in [3.8, 4) is 0 Å². The van der Waals surface area contributed by atoms with Crippen molar-refractivity contribution < 1.29 is 23.1 Å². The van der Waals surface area contributed by atoms with Crippen LogP contribution in [0, 0.1) is 5.82 Å². The lowest BCUT2D eigenvalue weighted by Gasteiger charge is -2.09. The summed E-state index contributed by atoms with van der Waals surface area (Å²) in [5, 5.41) is 8.53. The van der Waals surface area contributed by atoms with Gasteiger partial charge in [0.05, 0.1) is 6.42 Å². The molecule has 0 fully saturated rings. The second kappa shape index (κ2) is 5.01. The maximum absolute atomic E-state index is 13.6. The van der Waals surface area contributed by atoms with E-state index in [1.807, 2.05) is 0 Å². The molecule has 0 atom stereocenters. The van der Waals surface area contributed by atoms with Crippen LogP contribution in [0.15, 0.2) is 12.1 Å². The highest BCUT2D eigenvalue weighted by Crippen LogP contribution is 2.25. The molecule has 88 valence electrons. The predicted molar refractivity (Wildman–Crippen MR) is 52.1 cm³/mol. The Morgan fingerprint density at radius 3 is 2.38 bits per heavy atom. The fraction of sp³-hybridized carbons (Fsp3) is 0.364. The summed E-state index contributed by atoms with van der Waals surface area (Å²) in [5.74, 6) is -1.94. The van der Waals surface area contributed by atoms with Crippen molar-refractivity contribution in [3.63, 3.8) is 0 Å². The van der Waals surface area contributed by atoms with Gasteiger partial charge in [0, 0.05) is 5.56 Å². The molecule has 0 saturated heterocycles.